The third-order valence-corrected chi connectivity index (χ3v) is 3.89. The summed E-state index contributed by atoms with van der Waals surface area (Å²) >= 11 is 0. The molecule has 2 heterocycles. The highest BCUT2D eigenvalue weighted by molar-refractivity contribution is 5.05. The Morgan fingerprint density at radius 1 is 1.21 bits per heavy atom. The van der Waals surface area contributed by atoms with Crippen LogP contribution in [0.25, 0.3) is 0 Å². The number of aliphatic hydroxyl groups is 2. The molecule has 82 valence electrons. The van der Waals surface area contributed by atoms with Gasteiger partial charge in [0.05, 0.1) is 18.3 Å². The first-order valence-corrected chi connectivity index (χ1v) is 5.49. The summed E-state index contributed by atoms with van der Waals surface area (Å²) < 4.78 is 5.86. The predicted molar refractivity (Wildman–Crippen MR) is 52.9 cm³/mol. The SMILES string of the molecule is CC(C)C1OC2(C)C(O)CC1CC2O. The van der Waals surface area contributed by atoms with Crippen LogP contribution in [0.15, 0.2) is 0 Å². The van der Waals surface area contributed by atoms with Gasteiger partial charge >= 0.3 is 0 Å². The minimum Gasteiger partial charge on any atom is -0.390 e. The number of hydrogen-bond acceptors (Lipinski definition) is 3. The molecule has 0 radical (unpaired) electrons. The lowest BCUT2D eigenvalue weighted by Crippen LogP contribution is -2.65. The Bertz CT molecular complexity index is 215. The Balaban J connectivity index is 2.22. The van der Waals surface area contributed by atoms with Gasteiger partial charge in [-0.2, -0.15) is 0 Å². The summed E-state index contributed by atoms with van der Waals surface area (Å²) in [4.78, 5) is 0. The van der Waals surface area contributed by atoms with E-state index in [2.05, 4.69) is 13.8 Å². The van der Waals surface area contributed by atoms with E-state index >= 15 is 0 Å². The van der Waals surface area contributed by atoms with Gasteiger partial charge < -0.3 is 14.9 Å². The monoisotopic (exact) mass is 200 g/mol. The van der Waals surface area contributed by atoms with E-state index in [0.717, 1.165) is 12.8 Å². The van der Waals surface area contributed by atoms with Crippen LogP contribution in [-0.4, -0.2) is 34.1 Å². The number of fused-ring (bicyclic) bond motifs is 3. The third-order valence-electron chi connectivity index (χ3n) is 3.89. The Hall–Kier alpha value is -0.120. The molecule has 0 amide bonds. The van der Waals surface area contributed by atoms with Gasteiger partial charge in [0.2, 0.25) is 0 Å². The molecule has 2 aliphatic heterocycles. The third kappa shape index (κ3) is 1.30. The largest absolute Gasteiger partial charge is 0.390 e. The topological polar surface area (TPSA) is 49.7 Å². The fourth-order valence-electron chi connectivity index (χ4n) is 2.86. The number of hydrogen-bond donors (Lipinski definition) is 2. The molecule has 1 saturated carbocycles. The van der Waals surface area contributed by atoms with Crippen LogP contribution in [0, 0.1) is 11.8 Å². The van der Waals surface area contributed by atoms with Gasteiger partial charge in [-0.15, -0.1) is 0 Å². The molecule has 0 aromatic rings. The first-order chi connectivity index (χ1) is 6.45. The van der Waals surface area contributed by atoms with Crippen molar-refractivity contribution in [1.82, 2.24) is 0 Å². The Labute approximate surface area is 85.1 Å². The Morgan fingerprint density at radius 3 is 2.14 bits per heavy atom. The summed E-state index contributed by atoms with van der Waals surface area (Å²) in [6, 6.07) is 0. The lowest BCUT2D eigenvalue weighted by molar-refractivity contribution is -0.288. The van der Waals surface area contributed by atoms with Crippen molar-refractivity contribution >= 4 is 0 Å². The summed E-state index contributed by atoms with van der Waals surface area (Å²) in [5.74, 6) is 0.779. The first kappa shape index (κ1) is 10.4. The zero-order chi connectivity index (χ0) is 10.5. The van der Waals surface area contributed by atoms with Crippen LogP contribution < -0.4 is 0 Å². The highest BCUT2D eigenvalue weighted by atomic mass is 16.5. The van der Waals surface area contributed by atoms with Gasteiger partial charge in [0.15, 0.2) is 0 Å². The summed E-state index contributed by atoms with van der Waals surface area (Å²) in [7, 11) is 0. The van der Waals surface area contributed by atoms with Crippen LogP contribution in [0.1, 0.15) is 33.6 Å². The second kappa shape index (κ2) is 3.19. The molecule has 0 spiro atoms. The Kier molecular flexibility index (Phi) is 2.37. The molecular formula is C11H20O3. The molecule has 0 aromatic carbocycles. The maximum atomic E-state index is 9.84. The zero-order valence-electron chi connectivity index (χ0n) is 9.10. The smallest absolute Gasteiger partial charge is 0.117 e. The van der Waals surface area contributed by atoms with Gasteiger partial charge in [-0.25, -0.2) is 0 Å². The van der Waals surface area contributed by atoms with E-state index in [1.54, 1.807) is 0 Å². The highest BCUT2D eigenvalue weighted by Gasteiger charge is 2.55. The van der Waals surface area contributed by atoms with Gasteiger partial charge in [-0.3, -0.25) is 0 Å². The quantitative estimate of drug-likeness (QED) is 0.662. The van der Waals surface area contributed by atoms with Crippen molar-refractivity contribution < 1.29 is 14.9 Å². The maximum absolute atomic E-state index is 9.84. The van der Waals surface area contributed by atoms with E-state index in [1.807, 2.05) is 6.92 Å². The van der Waals surface area contributed by atoms with E-state index < -0.39 is 17.8 Å². The van der Waals surface area contributed by atoms with Crippen LogP contribution in [0.5, 0.6) is 0 Å². The highest BCUT2D eigenvalue weighted by Crippen LogP contribution is 2.46. The summed E-state index contributed by atoms with van der Waals surface area (Å²) in [6.07, 6.45) is 0.733. The van der Waals surface area contributed by atoms with Gasteiger partial charge in [0.25, 0.3) is 0 Å². The first-order valence-electron chi connectivity index (χ1n) is 5.49. The van der Waals surface area contributed by atoms with Crippen molar-refractivity contribution in [3.8, 4) is 0 Å². The van der Waals surface area contributed by atoms with Gasteiger partial charge in [0.1, 0.15) is 5.60 Å². The average molecular weight is 200 g/mol. The fraction of sp³-hybridized carbons (Fsp3) is 1.00. The molecule has 3 aliphatic rings. The fourth-order valence-corrected chi connectivity index (χ4v) is 2.86. The standard InChI is InChI=1S/C11H20O3/c1-6(2)10-7-4-8(12)11(3,14-10)9(13)5-7/h6-10,12-13H,4-5H2,1-3H3. The molecule has 2 bridgehead atoms. The van der Waals surface area contributed by atoms with Crippen molar-refractivity contribution in [2.75, 3.05) is 0 Å². The summed E-state index contributed by atoms with van der Waals surface area (Å²) in [6.45, 7) is 6.09. The molecule has 1 aliphatic carbocycles. The molecule has 14 heavy (non-hydrogen) atoms. The second-order valence-corrected chi connectivity index (χ2v) is 5.27. The summed E-state index contributed by atoms with van der Waals surface area (Å²) in [5, 5.41) is 19.7. The van der Waals surface area contributed by atoms with Crippen LogP contribution in [0.2, 0.25) is 0 Å². The normalized spacial score (nSPS) is 52.7. The molecule has 2 N–H and O–H groups in total. The predicted octanol–water partition coefficient (Wildman–Crippen LogP) is 0.932. The average Bonchev–Trinajstić information content (AvgIpc) is 2.08. The maximum Gasteiger partial charge on any atom is 0.117 e. The van der Waals surface area contributed by atoms with Crippen LogP contribution in [0.3, 0.4) is 0 Å². The summed E-state index contributed by atoms with van der Waals surface area (Å²) in [5.41, 5.74) is -0.732. The molecule has 3 rings (SSSR count). The van der Waals surface area contributed by atoms with Crippen LogP contribution in [-0.2, 0) is 4.74 Å². The van der Waals surface area contributed by atoms with Crippen LogP contribution >= 0.6 is 0 Å². The zero-order valence-corrected chi connectivity index (χ0v) is 9.10. The minimum atomic E-state index is -0.732. The Morgan fingerprint density at radius 2 is 1.71 bits per heavy atom. The van der Waals surface area contributed by atoms with Crippen molar-refractivity contribution in [3.05, 3.63) is 0 Å². The lowest BCUT2D eigenvalue weighted by atomic mass is 9.68. The van der Waals surface area contributed by atoms with Crippen LogP contribution in [0.4, 0.5) is 0 Å². The van der Waals surface area contributed by atoms with Crippen molar-refractivity contribution in [3.63, 3.8) is 0 Å². The lowest BCUT2D eigenvalue weighted by Gasteiger charge is -2.55. The molecule has 3 atom stereocenters. The molecule has 3 unspecified atom stereocenters. The van der Waals surface area contributed by atoms with Crippen molar-refractivity contribution in [2.45, 2.75) is 57.5 Å². The van der Waals surface area contributed by atoms with Gasteiger partial charge in [0, 0.05) is 0 Å². The molecule has 3 heteroatoms. The van der Waals surface area contributed by atoms with E-state index in [-0.39, 0.29) is 6.10 Å². The van der Waals surface area contributed by atoms with Crippen molar-refractivity contribution in [2.24, 2.45) is 11.8 Å². The van der Waals surface area contributed by atoms with Crippen molar-refractivity contribution in [1.29, 1.82) is 0 Å². The number of ether oxygens (including phenoxy) is 1. The van der Waals surface area contributed by atoms with E-state index in [0.29, 0.717) is 11.8 Å². The second-order valence-electron chi connectivity index (χ2n) is 5.27. The molecule has 3 fully saturated rings. The van der Waals surface area contributed by atoms with E-state index in [4.69, 9.17) is 4.74 Å². The molecule has 3 nitrogen and oxygen atoms in total. The minimum absolute atomic E-state index is 0.201. The number of aliphatic hydroxyl groups excluding tert-OH is 2. The van der Waals surface area contributed by atoms with Gasteiger partial charge in [-0.05, 0) is 31.6 Å². The molecular weight excluding hydrogens is 180 g/mol. The van der Waals surface area contributed by atoms with E-state index in [9.17, 15) is 10.2 Å². The molecule has 2 saturated heterocycles. The van der Waals surface area contributed by atoms with E-state index in [1.165, 1.54) is 0 Å². The number of rotatable bonds is 1. The van der Waals surface area contributed by atoms with Gasteiger partial charge in [-0.1, -0.05) is 13.8 Å². The molecule has 0 aromatic heterocycles.